The predicted octanol–water partition coefficient (Wildman–Crippen LogP) is 2.52. The highest BCUT2D eigenvalue weighted by Gasteiger charge is 2.18. The lowest BCUT2D eigenvalue weighted by molar-refractivity contribution is -0.115. The quantitative estimate of drug-likeness (QED) is 0.722. The number of carbonyl (C=O) groups excluding carboxylic acids is 1. The molecule has 24 heavy (non-hydrogen) atoms. The van der Waals surface area contributed by atoms with Gasteiger partial charge in [0.25, 0.3) is 0 Å². The number of nitrogens with two attached hydrogens (primary N) is 1. The molecular weight excluding hydrogens is 322 g/mol. The molecule has 0 saturated heterocycles. The molecule has 2 N–H and O–H groups in total. The van der Waals surface area contributed by atoms with Crippen molar-refractivity contribution < 1.29 is 4.79 Å². The summed E-state index contributed by atoms with van der Waals surface area (Å²) < 4.78 is 1.96. The zero-order valence-corrected chi connectivity index (χ0v) is 14.2. The average molecular weight is 339 g/mol. The Hall–Kier alpha value is -2.67. The molecule has 1 aromatic carbocycles. The van der Waals surface area contributed by atoms with Crippen LogP contribution in [-0.4, -0.2) is 31.4 Å². The first-order chi connectivity index (χ1) is 11.6. The molecule has 0 spiro atoms. The highest BCUT2D eigenvalue weighted by atomic mass is 32.2. The van der Waals surface area contributed by atoms with Crippen molar-refractivity contribution >= 4 is 17.7 Å². The van der Waals surface area contributed by atoms with E-state index < -0.39 is 0 Å². The Balaban J connectivity index is 2.15. The Labute approximate surface area is 144 Å². The molecule has 2 aromatic heterocycles. The Morgan fingerprint density at radius 2 is 1.92 bits per heavy atom. The first-order valence-electron chi connectivity index (χ1n) is 7.41. The van der Waals surface area contributed by atoms with E-state index in [4.69, 9.17) is 5.73 Å². The summed E-state index contributed by atoms with van der Waals surface area (Å²) in [6, 6.07) is 9.95. The van der Waals surface area contributed by atoms with Gasteiger partial charge in [0.05, 0.1) is 11.4 Å². The SMILES string of the molecule is Cc1ccc(-n2c(SCC(N)=O)nnc2-c2ccncc2)c(C)c1. The van der Waals surface area contributed by atoms with Crippen LogP contribution in [0.25, 0.3) is 17.1 Å². The number of amides is 1. The summed E-state index contributed by atoms with van der Waals surface area (Å²) in [5, 5.41) is 9.20. The van der Waals surface area contributed by atoms with Crippen molar-refractivity contribution in [2.24, 2.45) is 5.73 Å². The van der Waals surface area contributed by atoms with Crippen LogP contribution in [0.2, 0.25) is 0 Å². The van der Waals surface area contributed by atoms with E-state index in [0.29, 0.717) is 11.0 Å². The van der Waals surface area contributed by atoms with E-state index >= 15 is 0 Å². The third-order valence-electron chi connectivity index (χ3n) is 3.51. The number of carbonyl (C=O) groups is 1. The molecule has 0 aliphatic heterocycles. The maximum absolute atomic E-state index is 11.1. The Bertz CT molecular complexity index is 876. The molecule has 0 bridgehead atoms. The molecule has 1 amide bonds. The van der Waals surface area contributed by atoms with Gasteiger partial charge in [-0.25, -0.2) is 0 Å². The molecule has 0 aliphatic carbocycles. The van der Waals surface area contributed by atoms with Crippen LogP contribution >= 0.6 is 11.8 Å². The van der Waals surface area contributed by atoms with Gasteiger partial charge in [0, 0.05) is 18.0 Å². The first kappa shape index (κ1) is 16.2. The topological polar surface area (TPSA) is 86.7 Å². The molecule has 7 heteroatoms. The molecule has 0 atom stereocenters. The Morgan fingerprint density at radius 1 is 1.17 bits per heavy atom. The van der Waals surface area contributed by atoms with Crippen molar-refractivity contribution in [2.75, 3.05) is 5.75 Å². The maximum atomic E-state index is 11.1. The number of aryl methyl sites for hydroxylation is 2. The van der Waals surface area contributed by atoms with Gasteiger partial charge in [0.15, 0.2) is 11.0 Å². The molecule has 6 nitrogen and oxygen atoms in total. The van der Waals surface area contributed by atoms with E-state index in [-0.39, 0.29) is 11.7 Å². The lowest BCUT2D eigenvalue weighted by Gasteiger charge is -2.13. The van der Waals surface area contributed by atoms with Gasteiger partial charge in [-0.15, -0.1) is 10.2 Å². The highest BCUT2D eigenvalue weighted by molar-refractivity contribution is 7.99. The Morgan fingerprint density at radius 3 is 2.58 bits per heavy atom. The van der Waals surface area contributed by atoms with Crippen LogP contribution in [0.5, 0.6) is 0 Å². The van der Waals surface area contributed by atoms with Crippen LogP contribution in [0.3, 0.4) is 0 Å². The number of benzene rings is 1. The van der Waals surface area contributed by atoms with E-state index in [1.165, 1.54) is 17.3 Å². The van der Waals surface area contributed by atoms with E-state index in [2.05, 4.69) is 28.2 Å². The molecule has 0 aliphatic rings. The standard InChI is InChI=1S/C17H17N5OS/c1-11-3-4-14(12(2)9-11)22-16(13-5-7-19-8-6-13)20-21-17(22)24-10-15(18)23/h3-9H,10H2,1-2H3,(H2,18,23). The molecule has 0 unspecified atom stereocenters. The molecule has 122 valence electrons. The molecule has 0 saturated carbocycles. The van der Waals surface area contributed by atoms with Gasteiger partial charge >= 0.3 is 0 Å². The minimum Gasteiger partial charge on any atom is -0.369 e. The number of thioether (sulfide) groups is 1. The van der Waals surface area contributed by atoms with Crippen LogP contribution in [0.1, 0.15) is 11.1 Å². The van der Waals surface area contributed by atoms with Gasteiger partial charge in [0.1, 0.15) is 0 Å². The average Bonchev–Trinajstić information content (AvgIpc) is 2.97. The second-order valence-electron chi connectivity index (χ2n) is 5.42. The van der Waals surface area contributed by atoms with Crippen molar-refractivity contribution in [1.29, 1.82) is 0 Å². The third-order valence-corrected chi connectivity index (χ3v) is 4.46. The summed E-state index contributed by atoms with van der Waals surface area (Å²) in [6.45, 7) is 4.09. The number of pyridine rings is 1. The van der Waals surface area contributed by atoms with Crippen molar-refractivity contribution in [1.82, 2.24) is 19.7 Å². The van der Waals surface area contributed by atoms with E-state index in [1.54, 1.807) is 12.4 Å². The zero-order chi connectivity index (χ0) is 17.1. The predicted molar refractivity (Wildman–Crippen MR) is 94.0 cm³/mol. The fourth-order valence-corrected chi connectivity index (χ4v) is 3.14. The highest BCUT2D eigenvalue weighted by Crippen LogP contribution is 2.29. The van der Waals surface area contributed by atoms with Crippen LogP contribution in [0, 0.1) is 13.8 Å². The number of hydrogen-bond acceptors (Lipinski definition) is 5. The minimum atomic E-state index is -0.388. The van der Waals surface area contributed by atoms with Gasteiger partial charge in [-0.1, -0.05) is 29.5 Å². The van der Waals surface area contributed by atoms with Gasteiger partial charge in [-0.2, -0.15) is 0 Å². The number of rotatable bonds is 5. The van der Waals surface area contributed by atoms with E-state index in [1.807, 2.05) is 35.8 Å². The van der Waals surface area contributed by atoms with Crippen LogP contribution in [-0.2, 0) is 4.79 Å². The smallest absolute Gasteiger partial charge is 0.227 e. The molecule has 0 radical (unpaired) electrons. The van der Waals surface area contributed by atoms with Gasteiger partial charge in [-0.05, 0) is 37.6 Å². The summed E-state index contributed by atoms with van der Waals surface area (Å²) in [5.74, 6) is 0.469. The maximum Gasteiger partial charge on any atom is 0.227 e. The Kier molecular flexibility index (Phi) is 4.61. The lowest BCUT2D eigenvalue weighted by Crippen LogP contribution is -2.14. The van der Waals surface area contributed by atoms with Crippen LogP contribution in [0.15, 0.2) is 47.9 Å². The largest absolute Gasteiger partial charge is 0.369 e. The molecule has 2 heterocycles. The summed E-state index contributed by atoms with van der Waals surface area (Å²) in [6.07, 6.45) is 3.43. The molecule has 3 rings (SSSR count). The van der Waals surface area contributed by atoms with Crippen LogP contribution < -0.4 is 5.73 Å². The lowest BCUT2D eigenvalue weighted by atomic mass is 10.1. The summed E-state index contributed by atoms with van der Waals surface area (Å²) in [7, 11) is 0. The number of hydrogen-bond donors (Lipinski definition) is 1. The van der Waals surface area contributed by atoms with Crippen LogP contribution in [0.4, 0.5) is 0 Å². The second-order valence-corrected chi connectivity index (χ2v) is 6.36. The van der Waals surface area contributed by atoms with Crippen molar-refractivity contribution in [3.63, 3.8) is 0 Å². The molecule has 3 aromatic rings. The van der Waals surface area contributed by atoms with E-state index in [0.717, 1.165) is 16.8 Å². The monoisotopic (exact) mass is 339 g/mol. The summed E-state index contributed by atoms with van der Waals surface area (Å²) >= 11 is 1.28. The van der Waals surface area contributed by atoms with Crippen molar-refractivity contribution in [3.05, 3.63) is 53.9 Å². The fourth-order valence-electron chi connectivity index (χ4n) is 2.46. The van der Waals surface area contributed by atoms with E-state index in [9.17, 15) is 4.79 Å². The summed E-state index contributed by atoms with van der Waals surface area (Å²) in [5.41, 5.74) is 9.44. The molecule has 0 fully saturated rings. The third kappa shape index (κ3) is 3.30. The summed E-state index contributed by atoms with van der Waals surface area (Å²) in [4.78, 5) is 15.2. The van der Waals surface area contributed by atoms with Gasteiger partial charge in [0.2, 0.25) is 5.91 Å². The van der Waals surface area contributed by atoms with Gasteiger partial charge in [-0.3, -0.25) is 14.3 Å². The number of nitrogens with zero attached hydrogens (tertiary/aromatic N) is 4. The minimum absolute atomic E-state index is 0.152. The normalized spacial score (nSPS) is 10.8. The molecular formula is C17H17N5OS. The fraction of sp³-hybridized carbons (Fsp3) is 0.176. The second kappa shape index (κ2) is 6.84. The number of aromatic nitrogens is 4. The zero-order valence-electron chi connectivity index (χ0n) is 13.4. The van der Waals surface area contributed by atoms with Crippen molar-refractivity contribution in [2.45, 2.75) is 19.0 Å². The van der Waals surface area contributed by atoms with Crippen molar-refractivity contribution in [3.8, 4) is 17.1 Å². The first-order valence-corrected chi connectivity index (χ1v) is 8.39. The van der Waals surface area contributed by atoms with Gasteiger partial charge < -0.3 is 5.73 Å². The number of primary amides is 1.